The fraction of sp³-hybridized carbons (Fsp3) is 0.267. The molecule has 2 rings (SSSR count). The van der Waals surface area contributed by atoms with Crippen molar-refractivity contribution in [3.05, 3.63) is 63.6 Å². The summed E-state index contributed by atoms with van der Waals surface area (Å²) in [5.41, 5.74) is 3.06. The zero-order valence-corrected chi connectivity index (χ0v) is 12.5. The van der Waals surface area contributed by atoms with E-state index in [2.05, 4.69) is 33.2 Å². The van der Waals surface area contributed by atoms with E-state index in [1.807, 2.05) is 25.1 Å². The zero-order valence-electron chi connectivity index (χ0n) is 11.0. The molecule has 2 nitrogen and oxygen atoms in total. The van der Waals surface area contributed by atoms with Gasteiger partial charge in [-0.05, 0) is 59.6 Å². The second-order valence-corrected chi connectivity index (χ2v) is 5.40. The van der Waals surface area contributed by atoms with E-state index >= 15 is 0 Å². The Morgan fingerprint density at radius 2 is 2.11 bits per heavy atom. The van der Waals surface area contributed by atoms with Gasteiger partial charge in [-0.3, -0.25) is 4.98 Å². The van der Waals surface area contributed by atoms with Gasteiger partial charge >= 0.3 is 0 Å². The van der Waals surface area contributed by atoms with Gasteiger partial charge in [0.2, 0.25) is 0 Å². The molecule has 0 aliphatic carbocycles. The highest BCUT2D eigenvalue weighted by Gasteiger charge is 2.08. The maximum absolute atomic E-state index is 13.2. The Kier molecular flexibility index (Phi) is 4.66. The smallest absolute Gasteiger partial charge is 0.137 e. The van der Waals surface area contributed by atoms with E-state index in [0.29, 0.717) is 11.0 Å². The first-order valence-electron chi connectivity index (χ1n) is 6.17. The van der Waals surface area contributed by atoms with Crippen LogP contribution in [0.1, 0.15) is 29.9 Å². The van der Waals surface area contributed by atoms with Crippen LogP contribution in [0.4, 0.5) is 4.39 Å². The van der Waals surface area contributed by atoms with Crippen molar-refractivity contribution in [1.29, 1.82) is 0 Å². The van der Waals surface area contributed by atoms with Crippen LogP contribution in [-0.2, 0) is 6.54 Å². The molecular formula is C15H16BrFN2. The topological polar surface area (TPSA) is 24.9 Å². The number of pyridine rings is 1. The largest absolute Gasteiger partial charge is 0.305 e. The fourth-order valence-corrected chi connectivity index (χ4v) is 2.25. The van der Waals surface area contributed by atoms with Crippen molar-refractivity contribution >= 4 is 15.9 Å². The number of halogens is 2. The molecule has 19 heavy (non-hydrogen) atoms. The molecule has 1 N–H and O–H groups in total. The molecule has 2 aromatic rings. The minimum atomic E-state index is -0.240. The van der Waals surface area contributed by atoms with Gasteiger partial charge < -0.3 is 5.32 Å². The summed E-state index contributed by atoms with van der Waals surface area (Å²) in [6.07, 6.45) is 0. The maximum Gasteiger partial charge on any atom is 0.137 e. The molecule has 0 bridgehead atoms. The standard InChI is InChI=1S/C15H16BrFN2/c1-10-4-3-5-13(19-10)9-18-11(2)12-6-7-15(17)14(16)8-12/h3-8,11,18H,9H2,1-2H3. The van der Waals surface area contributed by atoms with Gasteiger partial charge in [-0.15, -0.1) is 0 Å². The summed E-state index contributed by atoms with van der Waals surface area (Å²) >= 11 is 3.20. The first kappa shape index (κ1) is 14.2. The summed E-state index contributed by atoms with van der Waals surface area (Å²) in [5, 5.41) is 3.38. The Morgan fingerprint density at radius 1 is 1.32 bits per heavy atom. The van der Waals surface area contributed by atoms with Crippen LogP contribution >= 0.6 is 15.9 Å². The van der Waals surface area contributed by atoms with Gasteiger partial charge in [0, 0.05) is 18.3 Å². The van der Waals surface area contributed by atoms with E-state index in [-0.39, 0.29) is 11.9 Å². The average molecular weight is 323 g/mol. The molecule has 0 fully saturated rings. The van der Waals surface area contributed by atoms with Crippen LogP contribution in [0.25, 0.3) is 0 Å². The third kappa shape index (κ3) is 3.85. The summed E-state index contributed by atoms with van der Waals surface area (Å²) in [6.45, 7) is 4.72. The Balaban J connectivity index is 2.01. The van der Waals surface area contributed by atoms with Gasteiger partial charge in [-0.2, -0.15) is 0 Å². The minimum absolute atomic E-state index is 0.138. The van der Waals surface area contributed by atoms with E-state index in [9.17, 15) is 4.39 Å². The molecule has 0 aliphatic heterocycles. The van der Waals surface area contributed by atoms with Crippen molar-refractivity contribution in [2.45, 2.75) is 26.4 Å². The minimum Gasteiger partial charge on any atom is -0.305 e. The van der Waals surface area contributed by atoms with E-state index in [1.54, 1.807) is 12.1 Å². The number of aryl methyl sites for hydroxylation is 1. The number of aromatic nitrogens is 1. The van der Waals surface area contributed by atoms with E-state index < -0.39 is 0 Å². The first-order valence-corrected chi connectivity index (χ1v) is 6.96. The van der Waals surface area contributed by atoms with Crippen LogP contribution in [0.5, 0.6) is 0 Å². The van der Waals surface area contributed by atoms with Crippen LogP contribution in [0.2, 0.25) is 0 Å². The Bertz CT molecular complexity index is 572. The normalized spacial score (nSPS) is 12.4. The number of rotatable bonds is 4. The Hall–Kier alpha value is -1.26. The van der Waals surface area contributed by atoms with Gasteiger partial charge in [0.15, 0.2) is 0 Å². The molecule has 1 atom stereocenters. The highest BCUT2D eigenvalue weighted by atomic mass is 79.9. The number of hydrogen-bond donors (Lipinski definition) is 1. The molecule has 0 saturated heterocycles. The van der Waals surface area contributed by atoms with Gasteiger partial charge in [0.25, 0.3) is 0 Å². The highest BCUT2D eigenvalue weighted by molar-refractivity contribution is 9.10. The predicted octanol–water partition coefficient (Wildman–Crippen LogP) is 4.14. The quantitative estimate of drug-likeness (QED) is 0.915. The lowest BCUT2D eigenvalue weighted by molar-refractivity contribution is 0.563. The van der Waals surface area contributed by atoms with Gasteiger partial charge in [0.1, 0.15) is 5.82 Å². The molecule has 0 aliphatic rings. The molecule has 1 aromatic heterocycles. The molecule has 0 spiro atoms. The van der Waals surface area contributed by atoms with E-state index in [4.69, 9.17) is 0 Å². The Morgan fingerprint density at radius 3 is 2.79 bits per heavy atom. The van der Waals surface area contributed by atoms with Crippen LogP contribution in [-0.4, -0.2) is 4.98 Å². The molecule has 0 amide bonds. The molecule has 1 unspecified atom stereocenters. The maximum atomic E-state index is 13.2. The van der Waals surface area contributed by atoms with E-state index in [0.717, 1.165) is 17.0 Å². The fourth-order valence-electron chi connectivity index (χ4n) is 1.86. The third-order valence-electron chi connectivity index (χ3n) is 2.98. The molecule has 1 heterocycles. The molecule has 0 radical (unpaired) electrons. The van der Waals surface area contributed by atoms with Crippen molar-refractivity contribution < 1.29 is 4.39 Å². The van der Waals surface area contributed by atoms with Crippen LogP contribution < -0.4 is 5.32 Å². The van der Waals surface area contributed by atoms with Crippen molar-refractivity contribution in [1.82, 2.24) is 10.3 Å². The van der Waals surface area contributed by atoms with Crippen molar-refractivity contribution in [3.63, 3.8) is 0 Å². The van der Waals surface area contributed by atoms with E-state index in [1.165, 1.54) is 6.07 Å². The lowest BCUT2D eigenvalue weighted by Crippen LogP contribution is -2.19. The number of nitrogens with one attached hydrogen (secondary N) is 1. The average Bonchev–Trinajstić information content (AvgIpc) is 2.39. The second-order valence-electron chi connectivity index (χ2n) is 4.55. The number of hydrogen-bond acceptors (Lipinski definition) is 2. The molecule has 4 heteroatoms. The molecule has 0 saturated carbocycles. The first-order chi connectivity index (χ1) is 9.06. The summed E-state index contributed by atoms with van der Waals surface area (Å²) < 4.78 is 13.7. The van der Waals surface area contributed by atoms with Crippen LogP contribution in [0.15, 0.2) is 40.9 Å². The SMILES string of the molecule is Cc1cccc(CNC(C)c2ccc(F)c(Br)c2)n1. The van der Waals surface area contributed by atoms with Gasteiger partial charge in [-0.25, -0.2) is 4.39 Å². The monoisotopic (exact) mass is 322 g/mol. The summed E-state index contributed by atoms with van der Waals surface area (Å²) in [4.78, 5) is 4.44. The summed E-state index contributed by atoms with van der Waals surface area (Å²) in [7, 11) is 0. The zero-order chi connectivity index (χ0) is 13.8. The lowest BCUT2D eigenvalue weighted by atomic mass is 10.1. The highest BCUT2D eigenvalue weighted by Crippen LogP contribution is 2.21. The summed E-state index contributed by atoms with van der Waals surface area (Å²) in [5.74, 6) is -0.240. The molecule has 1 aromatic carbocycles. The van der Waals surface area contributed by atoms with Crippen LogP contribution in [0, 0.1) is 12.7 Å². The lowest BCUT2D eigenvalue weighted by Gasteiger charge is -2.14. The molecular weight excluding hydrogens is 307 g/mol. The van der Waals surface area contributed by atoms with Gasteiger partial charge in [0.05, 0.1) is 10.2 Å². The second kappa shape index (κ2) is 6.26. The third-order valence-corrected chi connectivity index (χ3v) is 3.59. The predicted molar refractivity (Wildman–Crippen MR) is 78.3 cm³/mol. The van der Waals surface area contributed by atoms with Crippen molar-refractivity contribution in [3.8, 4) is 0 Å². The Labute approximate surface area is 121 Å². The number of nitrogens with zero attached hydrogens (tertiary/aromatic N) is 1. The summed E-state index contributed by atoms with van der Waals surface area (Å²) in [6, 6.07) is 11.2. The van der Waals surface area contributed by atoms with Crippen molar-refractivity contribution in [2.24, 2.45) is 0 Å². The van der Waals surface area contributed by atoms with Crippen LogP contribution in [0.3, 0.4) is 0 Å². The van der Waals surface area contributed by atoms with Gasteiger partial charge in [-0.1, -0.05) is 12.1 Å². The van der Waals surface area contributed by atoms with Crippen molar-refractivity contribution in [2.75, 3.05) is 0 Å². The number of benzene rings is 1. The molecule has 100 valence electrons.